The Morgan fingerprint density at radius 2 is 2.00 bits per heavy atom. The van der Waals surface area contributed by atoms with E-state index < -0.39 is 6.10 Å². The van der Waals surface area contributed by atoms with E-state index in [0.717, 1.165) is 17.9 Å². The lowest BCUT2D eigenvalue weighted by Gasteiger charge is -2.21. The van der Waals surface area contributed by atoms with E-state index in [1.54, 1.807) is 4.90 Å². The second kappa shape index (κ2) is 6.27. The summed E-state index contributed by atoms with van der Waals surface area (Å²) in [6, 6.07) is 7.42. The molecular weight excluding hydrogens is 254 g/mol. The lowest BCUT2D eigenvalue weighted by molar-refractivity contribution is -0.129. The molecule has 0 saturated carbocycles. The molecule has 0 bridgehead atoms. The number of aliphatic hydroxyl groups excluding tert-OH is 1. The van der Waals surface area contributed by atoms with Gasteiger partial charge in [-0.15, -0.1) is 0 Å². The average Bonchev–Trinajstić information content (AvgIpc) is 2.68. The van der Waals surface area contributed by atoms with Crippen LogP contribution in [-0.4, -0.2) is 35.1 Å². The number of rotatable bonds is 5. The fourth-order valence-corrected chi connectivity index (χ4v) is 2.50. The highest BCUT2D eigenvalue weighted by atomic mass is 16.5. The summed E-state index contributed by atoms with van der Waals surface area (Å²) >= 11 is 0. The highest BCUT2D eigenvalue weighted by molar-refractivity contribution is 5.78. The van der Waals surface area contributed by atoms with E-state index >= 15 is 0 Å². The topological polar surface area (TPSA) is 49.8 Å². The van der Waals surface area contributed by atoms with Gasteiger partial charge in [-0.1, -0.05) is 19.1 Å². The number of aliphatic hydroxyl groups is 1. The maximum absolute atomic E-state index is 11.7. The Labute approximate surface area is 120 Å². The number of hydrogen-bond donors (Lipinski definition) is 1. The number of likely N-dealkylation sites (tertiary alicyclic amines) is 1. The molecule has 2 atom stereocenters. The number of nitrogens with zero attached hydrogens (tertiary/aromatic N) is 1. The van der Waals surface area contributed by atoms with Gasteiger partial charge in [-0.05, 0) is 37.5 Å². The SMILES string of the molecule is CC1CC(=O)N(CC(O)c2ccc(OC(C)C)cc2)C1. The van der Waals surface area contributed by atoms with Crippen LogP contribution < -0.4 is 4.74 Å². The fraction of sp³-hybridized carbons (Fsp3) is 0.562. The smallest absolute Gasteiger partial charge is 0.223 e. The van der Waals surface area contributed by atoms with Crippen molar-refractivity contribution < 1.29 is 14.6 Å². The lowest BCUT2D eigenvalue weighted by Crippen LogP contribution is -2.30. The Hall–Kier alpha value is -1.55. The van der Waals surface area contributed by atoms with E-state index in [-0.39, 0.29) is 12.0 Å². The van der Waals surface area contributed by atoms with Gasteiger partial charge in [0, 0.05) is 13.0 Å². The maximum Gasteiger partial charge on any atom is 0.223 e. The number of benzene rings is 1. The zero-order chi connectivity index (χ0) is 14.7. The second-order valence-corrected chi connectivity index (χ2v) is 5.86. The zero-order valence-electron chi connectivity index (χ0n) is 12.4. The van der Waals surface area contributed by atoms with Crippen LogP contribution in [0.5, 0.6) is 5.75 Å². The summed E-state index contributed by atoms with van der Waals surface area (Å²) in [5.74, 6) is 1.31. The number of β-amino-alcohol motifs (C(OH)–C–C–N with tert-alkyl or cyclic N) is 1. The standard InChI is InChI=1S/C16H23NO3/c1-11(2)20-14-6-4-13(5-7-14)15(18)10-17-9-12(3)8-16(17)19/h4-7,11-12,15,18H,8-10H2,1-3H3. The zero-order valence-corrected chi connectivity index (χ0v) is 12.4. The molecular formula is C16H23NO3. The predicted octanol–water partition coefficient (Wildman–Crippen LogP) is 2.38. The lowest BCUT2D eigenvalue weighted by atomic mass is 10.1. The van der Waals surface area contributed by atoms with Crippen molar-refractivity contribution in [3.8, 4) is 5.75 Å². The molecule has 1 aliphatic rings. The highest BCUT2D eigenvalue weighted by Crippen LogP contribution is 2.23. The molecule has 1 N–H and O–H groups in total. The molecule has 1 aliphatic heterocycles. The summed E-state index contributed by atoms with van der Waals surface area (Å²) < 4.78 is 5.57. The van der Waals surface area contributed by atoms with Crippen molar-refractivity contribution in [1.29, 1.82) is 0 Å². The molecule has 2 unspecified atom stereocenters. The van der Waals surface area contributed by atoms with E-state index in [1.807, 2.05) is 38.1 Å². The van der Waals surface area contributed by atoms with Crippen LogP contribution in [0.1, 0.15) is 38.9 Å². The van der Waals surface area contributed by atoms with Gasteiger partial charge < -0.3 is 14.7 Å². The molecule has 1 aromatic carbocycles. The van der Waals surface area contributed by atoms with Gasteiger partial charge in [-0.2, -0.15) is 0 Å². The molecule has 1 amide bonds. The normalized spacial score (nSPS) is 20.6. The van der Waals surface area contributed by atoms with Crippen molar-refractivity contribution in [1.82, 2.24) is 4.90 Å². The fourth-order valence-electron chi connectivity index (χ4n) is 2.50. The third-order valence-electron chi connectivity index (χ3n) is 3.44. The Kier molecular flexibility index (Phi) is 4.65. The third kappa shape index (κ3) is 3.73. The minimum atomic E-state index is -0.641. The molecule has 0 radical (unpaired) electrons. The first-order valence-electron chi connectivity index (χ1n) is 7.18. The largest absolute Gasteiger partial charge is 0.491 e. The molecule has 2 rings (SSSR count). The Morgan fingerprint density at radius 1 is 1.35 bits per heavy atom. The molecule has 1 aromatic rings. The number of carbonyl (C=O) groups excluding carboxylic acids is 1. The van der Waals surface area contributed by atoms with E-state index in [4.69, 9.17) is 4.74 Å². The second-order valence-electron chi connectivity index (χ2n) is 5.86. The van der Waals surface area contributed by atoms with E-state index in [0.29, 0.717) is 18.9 Å². The summed E-state index contributed by atoms with van der Waals surface area (Å²) in [6.45, 7) is 7.12. The highest BCUT2D eigenvalue weighted by Gasteiger charge is 2.28. The first-order valence-corrected chi connectivity index (χ1v) is 7.18. The average molecular weight is 277 g/mol. The van der Waals surface area contributed by atoms with Gasteiger partial charge in [0.2, 0.25) is 5.91 Å². The molecule has 4 nitrogen and oxygen atoms in total. The van der Waals surface area contributed by atoms with Crippen molar-refractivity contribution in [3.05, 3.63) is 29.8 Å². The first-order chi connectivity index (χ1) is 9.45. The van der Waals surface area contributed by atoms with Gasteiger partial charge in [0.15, 0.2) is 0 Å². The number of carbonyl (C=O) groups is 1. The minimum Gasteiger partial charge on any atom is -0.491 e. The molecule has 1 saturated heterocycles. The number of hydrogen-bond acceptors (Lipinski definition) is 3. The van der Waals surface area contributed by atoms with Crippen LogP contribution in [0.2, 0.25) is 0 Å². The quantitative estimate of drug-likeness (QED) is 0.899. The van der Waals surface area contributed by atoms with Crippen LogP contribution in [0, 0.1) is 5.92 Å². The van der Waals surface area contributed by atoms with Gasteiger partial charge in [0.1, 0.15) is 5.75 Å². The Morgan fingerprint density at radius 3 is 2.50 bits per heavy atom. The van der Waals surface area contributed by atoms with Crippen LogP contribution >= 0.6 is 0 Å². The van der Waals surface area contributed by atoms with Crippen LogP contribution in [0.25, 0.3) is 0 Å². The number of ether oxygens (including phenoxy) is 1. The van der Waals surface area contributed by atoms with Crippen molar-refractivity contribution in [2.24, 2.45) is 5.92 Å². The van der Waals surface area contributed by atoms with E-state index in [9.17, 15) is 9.90 Å². The Balaban J connectivity index is 1.95. The molecule has 4 heteroatoms. The van der Waals surface area contributed by atoms with Gasteiger partial charge in [0.25, 0.3) is 0 Å². The maximum atomic E-state index is 11.7. The summed E-state index contributed by atoms with van der Waals surface area (Å²) in [5, 5.41) is 10.2. The first kappa shape index (κ1) is 14.9. The molecule has 20 heavy (non-hydrogen) atoms. The van der Waals surface area contributed by atoms with E-state index in [2.05, 4.69) is 6.92 Å². The predicted molar refractivity (Wildman–Crippen MR) is 77.5 cm³/mol. The van der Waals surface area contributed by atoms with Crippen LogP contribution in [0.3, 0.4) is 0 Å². The van der Waals surface area contributed by atoms with Gasteiger partial charge in [-0.3, -0.25) is 4.79 Å². The number of amides is 1. The Bertz CT molecular complexity index is 455. The molecule has 1 heterocycles. The monoisotopic (exact) mass is 277 g/mol. The minimum absolute atomic E-state index is 0.134. The molecule has 0 aliphatic carbocycles. The molecule has 0 spiro atoms. The molecule has 110 valence electrons. The van der Waals surface area contributed by atoms with E-state index in [1.165, 1.54) is 0 Å². The van der Waals surface area contributed by atoms with Crippen LogP contribution in [0.4, 0.5) is 0 Å². The molecule has 0 aromatic heterocycles. The van der Waals surface area contributed by atoms with Crippen molar-refractivity contribution >= 4 is 5.91 Å². The third-order valence-corrected chi connectivity index (χ3v) is 3.44. The van der Waals surface area contributed by atoms with Crippen molar-refractivity contribution in [2.75, 3.05) is 13.1 Å². The summed E-state index contributed by atoms with van der Waals surface area (Å²) in [5.41, 5.74) is 0.813. The van der Waals surface area contributed by atoms with Crippen molar-refractivity contribution in [3.63, 3.8) is 0 Å². The van der Waals surface area contributed by atoms with Crippen LogP contribution in [0.15, 0.2) is 24.3 Å². The summed E-state index contributed by atoms with van der Waals surface area (Å²) in [7, 11) is 0. The molecule has 1 fully saturated rings. The van der Waals surface area contributed by atoms with Crippen molar-refractivity contribution in [2.45, 2.75) is 39.4 Å². The van der Waals surface area contributed by atoms with Gasteiger partial charge >= 0.3 is 0 Å². The summed E-state index contributed by atoms with van der Waals surface area (Å²) in [4.78, 5) is 13.5. The summed E-state index contributed by atoms with van der Waals surface area (Å²) in [6.07, 6.45) is 0.0836. The van der Waals surface area contributed by atoms with Crippen LogP contribution in [-0.2, 0) is 4.79 Å². The van der Waals surface area contributed by atoms with Gasteiger partial charge in [-0.25, -0.2) is 0 Å². The van der Waals surface area contributed by atoms with Gasteiger partial charge in [0.05, 0.1) is 18.8 Å².